The molecule has 8 nitrogen and oxygen atoms in total. The molecule has 22 heavy (non-hydrogen) atoms. The number of halogens is 2. The molecule has 0 radical (unpaired) electrons. The molecule has 4 N–H and O–H groups in total. The molecule has 10 heteroatoms. The van der Waals surface area contributed by atoms with Gasteiger partial charge in [0.15, 0.2) is 13.1 Å². The van der Waals surface area contributed by atoms with Crippen molar-refractivity contribution in [1.29, 1.82) is 0 Å². The summed E-state index contributed by atoms with van der Waals surface area (Å²) in [6.07, 6.45) is 0. The molecular weight excluding hydrogens is 335 g/mol. The van der Waals surface area contributed by atoms with Crippen molar-refractivity contribution < 1.29 is 53.6 Å². The first kappa shape index (κ1) is 26.3. The Hall–Kier alpha value is -0.640. The van der Waals surface area contributed by atoms with Crippen molar-refractivity contribution in [1.82, 2.24) is 10.6 Å². The number of quaternary nitrogens is 2. The van der Waals surface area contributed by atoms with E-state index in [9.17, 15) is 9.59 Å². The van der Waals surface area contributed by atoms with Crippen LogP contribution in [0.25, 0.3) is 0 Å². The van der Waals surface area contributed by atoms with Gasteiger partial charge in [-0.05, 0) is 0 Å². The van der Waals surface area contributed by atoms with E-state index in [0.29, 0.717) is 22.1 Å². The van der Waals surface area contributed by atoms with Crippen LogP contribution in [0.1, 0.15) is 0 Å². The fourth-order valence-electron chi connectivity index (χ4n) is 1.77. The molecule has 0 saturated heterocycles. The zero-order valence-corrected chi connectivity index (χ0v) is 15.1. The predicted octanol–water partition coefficient (Wildman–Crippen LogP) is -8.72. The highest BCUT2D eigenvalue weighted by molar-refractivity contribution is 5.77. The summed E-state index contributed by atoms with van der Waals surface area (Å²) in [7, 11) is 7.69. The third kappa shape index (κ3) is 13.1. The van der Waals surface area contributed by atoms with Gasteiger partial charge < -0.3 is 54.6 Å². The number of nitrogens with zero attached hydrogens (tertiary/aromatic N) is 2. The average Bonchev–Trinajstić information content (AvgIpc) is 2.26. The van der Waals surface area contributed by atoms with Crippen molar-refractivity contribution in [3.05, 3.63) is 0 Å². The number of carbonyl (C=O) groups is 2. The number of carbonyl (C=O) groups excluding carboxylic acids is 2. The molecule has 0 aromatic heterocycles. The van der Waals surface area contributed by atoms with Gasteiger partial charge in [-0.3, -0.25) is 9.59 Å². The monoisotopic (exact) mass is 362 g/mol. The fourth-order valence-corrected chi connectivity index (χ4v) is 1.77. The zero-order valence-electron chi connectivity index (χ0n) is 13.6. The number of likely N-dealkylation sites (N-methyl/N-ethyl adjacent to an activating group) is 2. The van der Waals surface area contributed by atoms with Gasteiger partial charge in [-0.15, -0.1) is 0 Å². The van der Waals surface area contributed by atoms with E-state index in [1.807, 2.05) is 28.2 Å². The molecule has 0 spiro atoms. The molecule has 0 aromatic rings. The maximum atomic E-state index is 11.5. The summed E-state index contributed by atoms with van der Waals surface area (Å²) >= 11 is 0. The van der Waals surface area contributed by atoms with Crippen molar-refractivity contribution in [2.24, 2.45) is 0 Å². The third-order valence-electron chi connectivity index (χ3n) is 3.01. The average molecular weight is 363 g/mol. The molecule has 0 fully saturated rings. The van der Waals surface area contributed by atoms with Crippen LogP contribution < -0.4 is 35.4 Å². The minimum absolute atomic E-state index is 0. The molecule has 134 valence electrons. The van der Waals surface area contributed by atoms with E-state index in [2.05, 4.69) is 10.6 Å². The number of amides is 2. The van der Waals surface area contributed by atoms with Gasteiger partial charge in [0, 0.05) is 0 Å². The van der Waals surface area contributed by atoms with Gasteiger partial charge in [-0.1, -0.05) is 0 Å². The van der Waals surface area contributed by atoms with Crippen molar-refractivity contribution in [3.8, 4) is 0 Å². The van der Waals surface area contributed by atoms with Gasteiger partial charge in [0.05, 0.1) is 28.2 Å². The van der Waals surface area contributed by atoms with Gasteiger partial charge in [0.25, 0.3) is 11.8 Å². The largest absolute Gasteiger partial charge is 1.00 e. The second-order valence-electron chi connectivity index (χ2n) is 6.15. The van der Waals surface area contributed by atoms with Crippen LogP contribution in [0.2, 0.25) is 0 Å². The van der Waals surface area contributed by atoms with Crippen LogP contribution in [0.4, 0.5) is 0 Å². The number of nitrogens with one attached hydrogen (secondary N) is 2. The van der Waals surface area contributed by atoms with Crippen LogP contribution >= 0.6 is 0 Å². The summed E-state index contributed by atoms with van der Waals surface area (Å²) in [5.41, 5.74) is 0. The summed E-state index contributed by atoms with van der Waals surface area (Å²) in [5, 5.41) is 22.0. The second kappa shape index (κ2) is 11.9. The number of aliphatic hydroxyl groups is 2. The lowest BCUT2D eigenvalue weighted by Crippen LogP contribution is -3.00. The van der Waals surface area contributed by atoms with Crippen LogP contribution in [-0.2, 0) is 9.59 Å². The lowest BCUT2D eigenvalue weighted by Gasteiger charge is -2.34. The van der Waals surface area contributed by atoms with Gasteiger partial charge >= 0.3 is 0 Å². The molecule has 0 rings (SSSR count). The van der Waals surface area contributed by atoms with E-state index in [1.54, 1.807) is 0 Å². The first-order chi connectivity index (χ1) is 9.12. The standard InChI is InChI=1S/C12H26N4O4.2ClH/c1-15(2,7-11(19)13-9-17)5-6-16(3,4)8-12(20)14-10-18;;/h17-18H,5-10H2,1-4H3;2*1H. The minimum atomic E-state index is -0.359. The fraction of sp³-hybridized carbons (Fsp3) is 0.833. The lowest BCUT2D eigenvalue weighted by atomic mass is 10.3. The Bertz CT molecular complexity index is 309. The highest BCUT2D eigenvalue weighted by Crippen LogP contribution is 2.02. The summed E-state index contributed by atoms with van der Waals surface area (Å²) in [5.74, 6) is -0.415. The molecular formula is C12H28Cl2N4O4. The summed E-state index contributed by atoms with van der Waals surface area (Å²) < 4.78 is 0.935. The lowest BCUT2D eigenvalue weighted by molar-refractivity contribution is -0.938. The Morgan fingerprint density at radius 2 is 1.05 bits per heavy atom. The number of hydrogen-bond acceptors (Lipinski definition) is 4. The number of hydrogen-bond donors (Lipinski definition) is 4. The van der Waals surface area contributed by atoms with Crippen molar-refractivity contribution in [2.45, 2.75) is 0 Å². The molecule has 0 aliphatic rings. The van der Waals surface area contributed by atoms with Gasteiger partial charge in [-0.2, -0.15) is 0 Å². The summed E-state index contributed by atoms with van der Waals surface area (Å²) in [4.78, 5) is 22.9. The van der Waals surface area contributed by atoms with Crippen LogP contribution in [0, 0.1) is 0 Å². The quantitative estimate of drug-likeness (QED) is 0.242. The Labute approximate surface area is 144 Å². The van der Waals surface area contributed by atoms with Crippen molar-refractivity contribution >= 4 is 11.8 Å². The molecule has 0 aromatic carbocycles. The highest BCUT2D eigenvalue weighted by atomic mass is 35.5. The maximum absolute atomic E-state index is 11.5. The van der Waals surface area contributed by atoms with Crippen LogP contribution in [0.5, 0.6) is 0 Å². The Balaban J connectivity index is -0.00000180. The van der Waals surface area contributed by atoms with Gasteiger partial charge in [-0.25, -0.2) is 0 Å². The van der Waals surface area contributed by atoms with E-state index in [0.717, 1.165) is 0 Å². The number of aliphatic hydroxyl groups excluding tert-OH is 2. The molecule has 0 bridgehead atoms. The first-order valence-electron chi connectivity index (χ1n) is 6.51. The number of rotatable bonds is 9. The van der Waals surface area contributed by atoms with Gasteiger partial charge in [0.1, 0.15) is 26.6 Å². The predicted molar refractivity (Wildman–Crippen MR) is 74.1 cm³/mol. The maximum Gasteiger partial charge on any atom is 0.277 e. The normalized spacial score (nSPS) is 11.0. The van der Waals surface area contributed by atoms with Crippen LogP contribution in [-0.4, -0.2) is 98.8 Å². The van der Waals surface area contributed by atoms with E-state index in [-0.39, 0.29) is 63.2 Å². The van der Waals surface area contributed by atoms with Gasteiger partial charge in [0.2, 0.25) is 0 Å². The topological polar surface area (TPSA) is 98.7 Å². The molecule has 2 amide bonds. The molecule has 0 aliphatic heterocycles. The van der Waals surface area contributed by atoms with E-state index < -0.39 is 0 Å². The molecule has 0 heterocycles. The zero-order chi connectivity index (χ0) is 15.8. The van der Waals surface area contributed by atoms with E-state index in [1.165, 1.54) is 0 Å². The molecule has 0 atom stereocenters. The third-order valence-corrected chi connectivity index (χ3v) is 3.01. The highest BCUT2D eigenvalue weighted by Gasteiger charge is 2.26. The smallest absolute Gasteiger partial charge is 0.277 e. The Morgan fingerprint density at radius 1 is 0.773 bits per heavy atom. The molecule has 0 aliphatic carbocycles. The van der Waals surface area contributed by atoms with Crippen molar-refractivity contribution in [3.63, 3.8) is 0 Å². The summed E-state index contributed by atoms with van der Waals surface area (Å²) in [6.45, 7) is 1.23. The molecule has 0 unspecified atom stereocenters. The SMILES string of the molecule is C[N+](C)(CC[N+](C)(C)CC(=O)NCO)CC(=O)NCO.[Cl-].[Cl-]. The van der Waals surface area contributed by atoms with E-state index in [4.69, 9.17) is 10.2 Å². The molecule has 0 saturated carbocycles. The Morgan fingerprint density at radius 3 is 1.27 bits per heavy atom. The Kier molecular flexibility index (Phi) is 14.2. The summed E-state index contributed by atoms with van der Waals surface area (Å²) in [6, 6.07) is 0. The van der Waals surface area contributed by atoms with Crippen LogP contribution in [0.3, 0.4) is 0 Å². The minimum Gasteiger partial charge on any atom is -1.00 e. The first-order valence-corrected chi connectivity index (χ1v) is 6.51. The van der Waals surface area contributed by atoms with Crippen LogP contribution in [0.15, 0.2) is 0 Å². The van der Waals surface area contributed by atoms with Crippen molar-refractivity contribution in [2.75, 3.05) is 67.8 Å². The van der Waals surface area contributed by atoms with E-state index >= 15 is 0 Å². The second-order valence-corrected chi connectivity index (χ2v) is 6.15.